The maximum Gasteiger partial charge on any atom is 0.338 e. The number of carbonyl (C=O) groups excluding carboxylic acids is 1. The molecular formula is C23H28FNO4. The summed E-state index contributed by atoms with van der Waals surface area (Å²) in [5.41, 5.74) is 1.23. The van der Waals surface area contributed by atoms with Crippen molar-refractivity contribution in [3.05, 3.63) is 59.4 Å². The van der Waals surface area contributed by atoms with Gasteiger partial charge in [-0.15, -0.1) is 0 Å². The van der Waals surface area contributed by atoms with Crippen molar-refractivity contribution in [1.82, 2.24) is 0 Å². The lowest BCUT2D eigenvalue weighted by molar-refractivity contribution is -0.140. The lowest BCUT2D eigenvalue weighted by Crippen LogP contribution is -2.51. The molecule has 0 radical (unpaired) electrons. The molecule has 1 N–H and O–H groups in total. The minimum Gasteiger partial charge on any atom is -0.483 e. The molecule has 0 aromatic heterocycles. The Morgan fingerprint density at radius 2 is 1.93 bits per heavy atom. The van der Waals surface area contributed by atoms with E-state index in [1.807, 2.05) is 39.1 Å². The zero-order chi connectivity index (χ0) is 21.0. The Morgan fingerprint density at radius 3 is 2.59 bits per heavy atom. The normalized spacial score (nSPS) is 19.8. The third kappa shape index (κ3) is 4.70. The molecule has 0 saturated carbocycles. The quantitative estimate of drug-likeness (QED) is 0.515. The fourth-order valence-electron chi connectivity index (χ4n) is 3.39. The van der Waals surface area contributed by atoms with Gasteiger partial charge in [0, 0.05) is 24.9 Å². The fourth-order valence-corrected chi connectivity index (χ4v) is 3.39. The number of unbranched alkanes of at least 4 members (excludes halogenated alkanes) is 1. The number of hydrogen-bond donors (Lipinski definition) is 1. The van der Waals surface area contributed by atoms with Crippen LogP contribution in [0.15, 0.2) is 42.5 Å². The van der Waals surface area contributed by atoms with Crippen molar-refractivity contribution in [2.75, 3.05) is 19.0 Å². The number of carbonyl (C=O) groups is 1. The molecule has 6 heteroatoms. The van der Waals surface area contributed by atoms with Crippen LogP contribution in [0.2, 0.25) is 0 Å². The molecular weight excluding hydrogens is 373 g/mol. The first kappa shape index (κ1) is 21.1. The highest BCUT2D eigenvalue weighted by atomic mass is 19.1. The summed E-state index contributed by atoms with van der Waals surface area (Å²) < 4.78 is 31.5. The van der Waals surface area contributed by atoms with E-state index in [1.54, 1.807) is 0 Å². The van der Waals surface area contributed by atoms with E-state index in [2.05, 4.69) is 12.2 Å². The first-order valence-electron chi connectivity index (χ1n) is 9.94. The van der Waals surface area contributed by atoms with E-state index < -0.39 is 29.6 Å². The molecule has 0 amide bonds. The SMILES string of the molecule is CCCCOC1c2cc(NC)ccc2OC(C)(C)C1OC(=O)c1ccc(F)cc1. The number of halogens is 1. The summed E-state index contributed by atoms with van der Waals surface area (Å²) in [6, 6.07) is 11.1. The Kier molecular flexibility index (Phi) is 6.42. The molecule has 2 unspecified atom stereocenters. The van der Waals surface area contributed by atoms with Gasteiger partial charge < -0.3 is 19.5 Å². The van der Waals surface area contributed by atoms with E-state index in [-0.39, 0.29) is 5.56 Å². The van der Waals surface area contributed by atoms with Crippen molar-refractivity contribution in [2.24, 2.45) is 0 Å². The van der Waals surface area contributed by atoms with Crippen molar-refractivity contribution >= 4 is 11.7 Å². The minimum atomic E-state index is -0.805. The summed E-state index contributed by atoms with van der Waals surface area (Å²) in [6.45, 7) is 6.39. The Labute approximate surface area is 171 Å². The average molecular weight is 401 g/mol. The lowest BCUT2D eigenvalue weighted by atomic mass is 9.87. The summed E-state index contributed by atoms with van der Waals surface area (Å²) in [7, 11) is 1.84. The van der Waals surface area contributed by atoms with Gasteiger partial charge in [-0.25, -0.2) is 9.18 Å². The lowest BCUT2D eigenvalue weighted by Gasteiger charge is -2.43. The molecule has 156 valence electrons. The number of benzene rings is 2. The number of anilines is 1. The van der Waals surface area contributed by atoms with E-state index in [0.29, 0.717) is 12.4 Å². The van der Waals surface area contributed by atoms with Crippen molar-refractivity contribution in [3.63, 3.8) is 0 Å². The molecule has 0 bridgehead atoms. The van der Waals surface area contributed by atoms with Crippen molar-refractivity contribution in [2.45, 2.75) is 51.4 Å². The molecule has 1 aliphatic heterocycles. The number of hydrogen-bond acceptors (Lipinski definition) is 5. The van der Waals surface area contributed by atoms with Crippen molar-refractivity contribution in [3.8, 4) is 5.75 Å². The summed E-state index contributed by atoms with van der Waals surface area (Å²) in [5, 5.41) is 3.12. The van der Waals surface area contributed by atoms with Crippen LogP contribution in [-0.4, -0.2) is 31.3 Å². The highest BCUT2D eigenvalue weighted by Gasteiger charge is 2.47. The molecule has 2 aromatic rings. The van der Waals surface area contributed by atoms with E-state index in [4.69, 9.17) is 14.2 Å². The largest absolute Gasteiger partial charge is 0.483 e. The number of esters is 1. The second-order valence-electron chi connectivity index (χ2n) is 7.69. The number of fused-ring (bicyclic) bond motifs is 1. The molecule has 0 fully saturated rings. The summed E-state index contributed by atoms with van der Waals surface area (Å²) in [6.07, 6.45) is 0.752. The topological polar surface area (TPSA) is 56.8 Å². The summed E-state index contributed by atoms with van der Waals surface area (Å²) in [4.78, 5) is 12.8. The molecule has 0 spiro atoms. The van der Waals surface area contributed by atoms with Gasteiger partial charge in [0.25, 0.3) is 0 Å². The maximum absolute atomic E-state index is 13.2. The number of ether oxygens (including phenoxy) is 3. The highest BCUT2D eigenvalue weighted by Crippen LogP contribution is 2.44. The zero-order valence-electron chi connectivity index (χ0n) is 17.3. The van der Waals surface area contributed by atoms with Gasteiger partial charge in [-0.2, -0.15) is 0 Å². The molecule has 2 atom stereocenters. The fraction of sp³-hybridized carbons (Fsp3) is 0.435. The smallest absolute Gasteiger partial charge is 0.338 e. The Morgan fingerprint density at radius 1 is 1.21 bits per heavy atom. The highest BCUT2D eigenvalue weighted by molar-refractivity contribution is 5.89. The van der Waals surface area contributed by atoms with Gasteiger partial charge in [0.05, 0.1) is 5.56 Å². The van der Waals surface area contributed by atoms with Crippen LogP contribution in [0, 0.1) is 5.82 Å². The van der Waals surface area contributed by atoms with Gasteiger partial charge in [0.1, 0.15) is 23.3 Å². The van der Waals surface area contributed by atoms with Crippen LogP contribution in [0.5, 0.6) is 5.75 Å². The average Bonchev–Trinajstić information content (AvgIpc) is 2.70. The summed E-state index contributed by atoms with van der Waals surface area (Å²) in [5.74, 6) is -0.231. The molecule has 5 nitrogen and oxygen atoms in total. The molecule has 0 aliphatic carbocycles. The molecule has 2 aromatic carbocycles. The summed E-state index contributed by atoms with van der Waals surface area (Å²) >= 11 is 0. The van der Waals surface area contributed by atoms with Gasteiger partial charge in [0.15, 0.2) is 6.10 Å². The first-order chi connectivity index (χ1) is 13.9. The maximum atomic E-state index is 13.2. The molecule has 0 saturated heterocycles. The predicted octanol–water partition coefficient (Wildman–Crippen LogP) is 5.12. The molecule has 29 heavy (non-hydrogen) atoms. The molecule has 1 heterocycles. The Balaban J connectivity index is 1.94. The second-order valence-corrected chi connectivity index (χ2v) is 7.69. The molecule has 1 aliphatic rings. The van der Waals surface area contributed by atoms with E-state index in [9.17, 15) is 9.18 Å². The van der Waals surface area contributed by atoms with Crippen molar-refractivity contribution < 1.29 is 23.4 Å². The van der Waals surface area contributed by atoms with Crippen LogP contribution < -0.4 is 10.1 Å². The number of rotatable bonds is 7. The second kappa shape index (κ2) is 8.82. The van der Waals surface area contributed by atoms with Crippen LogP contribution >= 0.6 is 0 Å². The van der Waals surface area contributed by atoms with Gasteiger partial charge >= 0.3 is 5.97 Å². The van der Waals surface area contributed by atoms with Crippen LogP contribution in [0.25, 0.3) is 0 Å². The monoisotopic (exact) mass is 401 g/mol. The van der Waals surface area contributed by atoms with Gasteiger partial charge in [-0.1, -0.05) is 13.3 Å². The van der Waals surface area contributed by atoms with E-state index in [0.717, 1.165) is 24.1 Å². The van der Waals surface area contributed by atoms with Crippen LogP contribution in [0.3, 0.4) is 0 Å². The number of nitrogens with one attached hydrogen (secondary N) is 1. The van der Waals surface area contributed by atoms with Gasteiger partial charge in [0.2, 0.25) is 0 Å². The zero-order valence-corrected chi connectivity index (χ0v) is 17.3. The third-order valence-electron chi connectivity index (χ3n) is 5.05. The Hall–Kier alpha value is -2.60. The molecule has 3 rings (SSSR count). The van der Waals surface area contributed by atoms with Crippen LogP contribution in [-0.2, 0) is 9.47 Å². The van der Waals surface area contributed by atoms with Gasteiger partial charge in [-0.05, 0) is 62.7 Å². The minimum absolute atomic E-state index is 0.282. The predicted molar refractivity (Wildman–Crippen MR) is 110 cm³/mol. The first-order valence-corrected chi connectivity index (χ1v) is 9.94. The van der Waals surface area contributed by atoms with Crippen molar-refractivity contribution in [1.29, 1.82) is 0 Å². The van der Waals surface area contributed by atoms with E-state index in [1.165, 1.54) is 24.3 Å². The third-order valence-corrected chi connectivity index (χ3v) is 5.05. The van der Waals surface area contributed by atoms with E-state index >= 15 is 0 Å². The standard InChI is InChI=1S/C23H28FNO4/c1-5-6-13-27-20-18-14-17(25-4)11-12-19(18)29-23(2,3)21(20)28-22(26)15-7-9-16(24)10-8-15/h7-12,14,20-21,25H,5-6,13H2,1-4H3. The van der Waals surface area contributed by atoms with Gasteiger partial charge in [-0.3, -0.25) is 0 Å². The Bertz CT molecular complexity index is 850. The van der Waals surface area contributed by atoms with Crippen LogP contribution in [0.4, 0.5) is 10.1 Å². The van der Waals surface area contributed by atoms with Crippen LogP contribution in [0.1, 0.15) is 55.6 Å².